The van der Waals surface area contributed by atoms with Crippen molar-refractivity contribution in [3.63, 3.8) is 0 Å². The van der Waals surface area contributed by atoms with E-state index in [0.717, 1.165) is 12.8 Å². The van der Waals surface area contributed by atoms with Crippen molar-refractivity contribution in [3.05, 3.63) is 0 Å². The summed E-state index contributed by atoms with van der Waals surface area (Å²) in [6, 6.07) is 0. The minimum Gasteiger partial charge on any atom is -0.481 e. The summed E-state index contributed by atoms with van der Waals surface area (Å²) in [6.07, 6.45) is 37.4. The molecule has 0 saturated heterocycles. The van der Waals surface area contributed by atoms with E-state index in [1.54, 1.807) is 0 Å². The fourth-order valence-electron chi connectivity index (χ4n) is 5.25. The van der Waals surface area contributed by atoms with Crippen molar-refractivity contribution in [2.45, 2.75) is 227 Å². The quantitative estimate of drug-likeness (QED) is 0.0898. The lowest BCUT2D eigenvalue weighted by molar-refractivity contribution is -0.137. The Labute approximate surface area is 247 Å². The maximum atomic E-state index is 10.2. The van der Waals surface area contributed by atoms with E-state index >= 15 is 0 Å². The summed E-state index contributed by atoms with van der Waals surface area (Å²) in [6.45, 7) is 11.3. The van der Waals surface area contributed by atoms with Crippen molar-refractivity contribution < 1.29 is 14.6 Å². The highest BCUT2D eigenvalue weighted by Crippen LogP contribution is 2.16. The molecule has 0 aliphatic carbocycles. The van der Waals surface area contributed by atoms with Crippen molar-refractivity contribution in [1.82, 2.24) is 0 Å². The zero-order chi connectivity index (χ0) is 29.2. The summed E-state index contributed by atoms with van der Waals surface area (Å²) in [4.78, 5) is 10.2. The topological polar surface area (TPSA) is 46.5 Å². The third kappa shape index (κ3) is 39.6. The zero-order valence-electron chi connectivity index (χ0n) is 27.7. The second-order valence-corrected chi connectivity index (χ2v) is 12.3. The van der Waals surface area contributed by atoms with Crippen LogP contribution >= 0.6 is 0 Å². The van der Waals surface area contributed by atoms with Crippen molar-refractivity contribution >= 4 is 5.97 Å². The molecule has 0 saturated carbocycles. The standard InChI is InChI=1S/C24H50O.C12H24O2/c1-5-7-9-11-13-15-17-19-21-23(3)25-24(4)22-20-18-16-14-12-10-8-6-2;1-2-3-4-5-6-7-8-9-10-11-12(13)14/h23-24H,5-22H2,1-4H3;2-11H2,1H3,(H,13,14). The molecule has 1 N–H and O–H groups in total. The normalized spacial score (nSPS) is 12.6. The molecular weight excluding hydrogens is 480 g/mol. The highest BCUT2D eigenvalue weighted by atomic mass is 16.5. The van der Waals surface area contributed by atoms with Crippen molar-refractivity contribution in [1.29, 1.82) is 0 Å². The first-order chi connectivity index (χ1) is 19.0. The van der Waals surface area contributed by atoms with Gasteiger partial charge in [-0.1, -0.05) is 175 Å². The average Bonchev–Trinajstić information content (AvgIpc) is 2.91. The van der Waals surface area contributed by atoms with Crippen LogP contribution in [0.1, 0.15) is 214 Å². The number of rotatable bonds is 30. The van der Waals surface area contributed by atoms with Crippen LogP contribution in [0.3, 0.4) is 0 Å². The van der Waals surface area contributed by atoms with Gasteiger partial charge in [-0.05, 0) is 33.1 Å². The molecule has 0 spiro atoms. The van der Waals surface area contributed by atoms with Gasteiger partial charge >= 0.3 is 5.97 Å². The zero-order valence-corrected chi connectivity index (χ0v) is 27.7. The van der Waals surface area contributed by atoms with Crippen molar-refractivity contribution in [2.24, 2.45) is 0 Å². The molecule has 0 radical (unpaired) electrons. The Bertz CT molecular complexity index is 427. The van der Waals surface area contributed by atoms with Crippen LogP contribution in [-0.4, -0.2) is 23.3 Å². The molecule has 3 nitrogen and oxygen atoms in total. The first-order valence-corrected chi connectivity index (χ1v) is 17.8. The van der Waals surface area contributed by atoms with Gasteiger partial charge in [0, 0.05) is 6.42 Å². The Morgan fingerprint density at radius 2 is 0.718 bits per heavy atom. The summed E-state index contributed by atoms with van der Waals surface area (Å²) in [5, 5.41) is 8.41. The lowest BCUT2D eigenvalue weighted by atomic mass is 10.1. The minimum absolute atomic E-state index is 0.343. The molecule has 0 rings (SSSR count). The van der Waals surface area contributed by atoms with Crippen LogP contribution in [0.25, 0.3) is 0 Å². The van der Waals surface area contributed by atoms with Crippen LogP contribution in [0.15, 0.2) is 0 Å². The molecule has 236 valence electrons. The Hall–Kier alpha value is -0.570. The maximum Gasteiger partial charge on any atom is 0.303 e. The predicted molar refractivity (Wildman–Crippen MR) is 174 cm³/mol. The second kappa shape index (κ2) is 35.5. The Balaban J connectivity index is 0. The SMILES string of the molecule is CCCCCCCCCCC(C)OC(C)CCCCCCCCCC.CCCCCCCCCCCC(=O)O. The molecule has 0 aromatic heterocycles. The number of hydrogen-bond acceptors (Lipinski definition) is 2. The molecule has 0 amide bonds. The van der Waals surface area contributed by atoms with Gasteiger partial charge in [-0.15, -0.1) is 0 Å². The first kappa shape index (κ1) is 40.6. The largest absolute Gasteiger partial charge is 0.481 e. The van der Waals surface area contributed by atoms with Crippen LogP contribution in [0.5, 0.6) is 0 Å². The van der Waals surface area contributed by atoms with Gasteiger partial charge < -0.3 is 9.84 Å². The van der Waals surface area contributed by atoms with Gasteiger partial charge in [-0.2, -0.15) is 0 Å². The van der Waals surface area contributed by atoms with Gasteiger partial charge in [0.05, 0.1) is 12.2 Å². The van der Waals surface area contributed by atoms with Crippen LogP contribution in [0.2, 0.25) is 0 Å². The van der Waals surface area contributed by atoms with Crippen molar-refractivity contribution in [3.8, 4) is 0 Å². The minimum atomic E-state index is -0.659. The van der Waals surface area contributed by atoms with Crippen LogP contribution in [-0.2, 0) is 9.53 Å². The highest BCUT2D eigenvalue weighted by Gasteiger charge is 2.08. The number of carboxylic acid groups (broad SMARTS) is 1. The predicted octanol–water partition coefficient (Wildman–Crippen LogP) is 12.8. The maximum absolute atomic E-state index is 10.2. The molecule has 2 unspecified atom stereocenters. The number of aliphatic carboxylic acids is 1. The molecular formula is C36H74O3. The molecule has 0 aliphatic rings. The van der Waals surface area contributed by atoms with Crippen LogP contribution in [0.4, 0.5) is 0 Å². The van der Waals surface area contributed by atoms with Gasteiger partial charge in [-0.3, -0.25) is 4.79 Å². The van der Waals surface area contributed by atoms with E-state index in [1.807, 2.05) is 0 Å². The molecule has 0 aromatic rings. The Kier molecular flexibility index (Phi) is 36.9. The summed E-state index contributed by atoms with van der Waals surface area (Å²) in [5.41, 5.74) is 0. The fourth-order valence-corrected chi connectivity index (χ4v) is 5.25. The molecule has 0 bridgehead atoms. The van der Waals surface area contributed by atoms with E-state index in [2.05, 4.69) is 34.6 Å². The number of carboxylic acids is 1. The second-order valence-electron chi connectivity index (χ2n) is 12.3. The highest BCUT2D eigenvalue weighted by molar-refractivity contribution is 5.66. The molecule has 0 fully saturated rings. The van der Waals surface area contributed by atoms with E-state index in [-0.39, 0.29) is 0 Å². The molecule has 39 heavy (non-hydrogen) atoms. The lowest BCUT2D eigenvalue weighted by Crippen LogP contribution is -2.17. The third-order valence-electron chi connectivity index (χ3n) is 7.89. The van der Waals surface area contributed by atoms with Gasteiger partial charge in [0.1, 0.15) is 0 Å². The van der Waals surface area contributed by atoms with E-state index in [9.17, 15) is 4.79 Å². The fraction of sp³-hybridized carbons (Fsp3) is 0.972. The van der Waals surface area contributed by atoms with E-state index < -0.39 is 5.97 Å². The summed E-state index contributed by atoms with van der Waals surface area (Å²) >= 11 is 0. The van der Waals surface area contributed by atoms with Gasteiger partial charge in [-0.25, -0.2) is 0 Å². The van der Waals surface area contributed by atoms with Gasteiger partial charge in [0.2, 0.25) is 0 Å². The number of ether oxygens (including phenoxy) is 1. The van der Waals surface area contributed by atoms with E-state index in [1.165, 1.54) is 161 Å². The summed E-state index contributed by atoms with van der Waals surface area (Å²) in [5.74, 6) is -0.659. The third-order valence-corrected chi connectivity index (χ3v) is 7.89. The lowest BCUT2D eigenvalue weighted by Gasteiger charge is -2.19. The molecule has 0 aromatic carbocycles. The van der Waals surface area contributed by atoms with Crippen molar-refractivity contribution in [2.75, 3.05) is 0 Å². The number of unbranched alkanes of at least 4 members (excludes halogenated alkanes) is 22. The van der Waals surface area contributed by atoms with E-state index in [4.69, 9.17) is 9.84 Å². The number of carbonyl (C=O) groups is 1. The number of hydrogen-bond donors (Lipinski definition) is 1. The molecule has 2 atom stereocenters. The molecule has 0 heterocycles. The summed E-state index contributed by atoms with van der Waals surface area (Å²) < 4.78 is 6.17. The smallest absolute Gasteiger partial charge is 0.303 e. The van der Waals surface area contributed by atoms with Crippen LogP contribution < -0.4 is 0 Å². The van der Waals surface area contributed by atoms with E-state index in [0.29, 0.717) is 18.6 Å². The van der Waals surface area contributed by atoms with Gasteiger partial charge in [0.15, 0.2) is 0 Å². The first-order valence-electron chi connectivity index (χ1n) is 17.8. The van der Waals surface area contributed by atoms with Gasteiger partial charge in [0.25, 0.3) is 0 Å². The molecule has 0 aliphatic heterocycles. The summed E-state index contributed by atoms with van der Waals surface area (Å²) in [7, 11) is 0. The Morgan fingerprint density at radius 3 is 1.00 bits per heavy atom. The monoisotopic (exact) mass is 555 g/mol. The average molecular weight is 555 g/mol. The molecule has 3 heteroatoms. The Morgan fingerprint density at radius 1 is 0.462 bits per heavy atom. The van der Waals surface area contributed by atoms with Crippen LogP contribution in [0, 0.1) is 0 Å².